The van der Waals surface area contributed by atoms with Gasteiger partial charge in [0.15, 0.2) is 0 Å². The Morgan fingerprint density at radius 1 is 1.10 bits per heavy atom. The zero-order valence-corrected chi connectivity index (χ0v) is 10.5. The molecule has 110 valence electrons. The van der Waals surface area contributed by atoms with E-state index >= 15 is 0 Å². The molecule has 1 fully saturated rings. The Hall–Kier alpha value is -1.51. The molecular formula is C13H16O7. The lowest BCUT2D eigenvalue weighted by Gasteiger charge is -2.39. The van der Waals surface area contributed by atoms with Crippen molar-refractivity contribution in [1.82, 2.24) is 0 Å². The quantitative estimate of drug-likeness (QED) is 0.507. The molecule has 0 saturated carbocycles. The van der Waals surface area contributed by atoms with Crippen LogP contribution >= 0.6 is 0 Å². The minimum atomic E-state index is -1.60. The smallest absolute Gasteiger partial charge is 0.340 e. The minimum Gasteiger partial charge on any atom is -0.429 e. The van der Waals surface area contributed by atoms with Crippen molar-refractivity contribution in [2.45, 2.75) is 30.7 Å². The molecule has 0 aromatic heterocycles. The highest BCUT2D eigenvalue weighted by Gasteiger charge is 2.45. The number of aliphatic hydroxyl groups excluding tert-OH is 4. The van der Waals surface area contributed by atoms with Gasteiger partial charge in [0.05, 0.1) is 12.2 Å². The van der Waals surface area contributed by atoms with E-state index < -0.39 is 43.3 Å². The highest BCUT2D eigenvalue weighted by Crippen LogP contribution is 2.22. The monoisotopic (exact) mass is 284 g/mol. The van der Waals surface area contributed by atoms with Gasteiger partial charge in [0.1, 0.15) is 24.4 Å². The number of rotatable bonds is 3. The summed E-state index contributed by atoms with van der Waals surface area (Å²) in [5, 5.41) is 37.9. The fourth-order valence-electron chi connectivity index (χ4n) is 1.91. The van der Waals surface area contributed by atoms with Gasteiger partial charge in [-0.15, -0.1) is 0 Å². The number of hydrogen-bond acceptors (Lipinski definition) is 7. The standard InChI is InChI=1S/C13H16O7/c14-6-8-9(15)10(16)11(17)13(19-8)20-12(18)7-4-2-1-3-5-7/h1-5,8-11,13-17H,6H2/t8-,9-,10+,11-,13+/m1/s1. The van der Waals surface area contributed by atoms with Crippen molar-refractivity contribution in [3.63, 3.8) is 0 Å². The van der Waals surface area contributed by atoms with Crippen LogP contribution in [0.25, 0.3) is 0 Å². The van der Waals surface area contributed by atoms with Crippen LogP contribution < -0.4 is 0 Å². The van der Waals surface area contributed by atoms with E-state index in [1.807, 2.05) is 0 Å². The molecule has 1 aromatic rings. The average Bonchev–Trinajstić information content (AvgIpc) is 2.48. The second-order valence-electron chi connectivity index (χ2n) is 4.47. The lowest BCUT2D eigenvalue weighted by Crippen LogP contribution is -2.59. The first-order chi connectivity index (χ1) is 9.54. The Labute approximate surface area is 115 Å². The van der Waals surface area contributed by atoms with Crippen molar-refractivity contribution in [1.29, 1.82) is 0 Å². The Balaban J connectivity index is 2.06. The Morgan fingerprint density at radius 2 is 1.75 bits per heavy atom. The molecule has 1 aromatic carbocycles. The summed E-state index contributed by atoms with van der Waals surface area (Å²) in [6.07, 6.45) is -7.23. The van der Waals surface area contributed by atoms with E-state index in [-0.39, 0.29) is 5.56 Å². The van der Waals surface area contributed by atoms with Crippen molar-refractivity contribution in [2.75, 3.05) is 6.61 Å². The maximum absolute atomic E-state index is 11.8. The van der Waals surface area contributed by atoms with Gasteiger partial charge in [0, 0.05) is 0 Å². The molecule has 5 atom stereocenters. The van der Waals surface area contributed by atoms with Gasteiger partial charge < -0.3 is 29.9 Å². The average molecular weight is 284 g/mol. The number of carbonyl (C=O) groups excluding carboxylic acids is 1. The molecule has 7 nitrogen and oxygen atoms in total. The molecule has 0 radical (unpaired) electrons. The molecule has 20 heavy (non-hydrogen) atoms. The molecule has 0 amide bonds. The highest BCUT2D eigenvalue weighted by molar-refractivity contribution is 5.89. The van der Waals surface area contributed by atoms with Crippen LogP contribution in [0.15, 0.2) is 30.3 Å². The van der Waals surface area contributed by atoms with Crippen LogP contribution in [0.5, 0.6) is 0 Å². The molecule has 4 N–H and O–H groups in total. The van der Waals surface area contributed by atoms with Gasteiger partial charge in [-0.1, -0.05) is 18.2 Å². The molecule has 0 aliphatic carbocycles. The molecule has 0 bridgehead atoms. The van der Waals surface area contributed by atoms with Gasteiger partial charge >= 0.3 is 5.97 Å². The van der Waals surface area contributed by atoms with E-state index in [4.69, 9.17) is 14.6 Å². The number of carbonyl (C=O) groups is 1. The molecule has 0 unspecified atom stereocenters. The number of esters is 1. The van der Waals surface area contributed by atoms with Crippen molar-refractivity contribution in [3.8, 4) is 0 Å². The van der Waals surface area contributed by atoms with Gasteiger partial charge in [-0.05, 0) is 12.1 Å². The predicted molar refractivity (Wildman–Crippen MR) is 65.6 cm³/mol. The third-order valence-electron chi connectivity index (χ3n) is 3.08. The minimum absolute atomic E-state index is 0.254. The largest absolute Gasteiger partial charge is 0.429 e. The van der Waals surface area contributed by atoms with Gasteiger partial charge in [0.2, 0.25) is 6.29 Å². The van der Waals surface area contributed by atoms with Crippen LogP contribution in [-0.2, 0) is 9.47 Å². The Kier molecular flexibility index (Phi) is 4.69. The predicted octanol–water partition coefficient (Wildman–Crippen LogP) is -1.36. The first-order valence-electron chi connectivity index (χ1n) is 6.11. The van der Waals surface area contributed by atoms with E-state index in [2.05, 4.69) is 0 Å². The normalized spacial score (nSPS) is 33.7. The first kappa shape index (κ1) is 14.9. The second kappa shape index (κ2) is 6.29. The van der Waals surface area contributed by atoms with Crippen LogP contribution in [-0.4, -0.2) is 63.7 Å². The molecule has 1 saturated heterocycles. The molecule has 2 rings (SSSR count). The summed E-state index contributed by atoms with van der Waals surface area (Å²) >= 11 is 0. The fraction of sp³-hybridized carbons (Fsp3) is 0.462. The van der Waals surface area contributed by atoms with E-state index in [1.54, 1.807) is 18.2 Å². The fourth-order valence-corrected chi connectivity index (χ4v) is 1.91. The number of benzene rings is 1. The van der Waals surface area contributed by atoms with Crippen LogP contribution in [0.3, 0.4) is 0 Å². The van der Waals surface area contributed by atoms with E-state index in [0.717, 1.165) is 0 Å². The van der Waals surface area contributed by atoms with Crippen molar-refractivity contribution in [3.05, 3.63) is 35.9 Å². The summed E-state index contributed by atoms with van der Waals surface area (Å²) in [7, 11) is 0. The van der Waals surface area contributed by atoms with Crippen LogP contribution in [0, 0.1) is 0 Å². The van der Waals surface area contributed by atoms with E-state index in [9.17, 15) is 20.1 Å². The lowest BCUT2D eigenvalue weighted by atomic mass is 9.99. The topological polar surface area (TPSA) is 116 Å². The van der Waals surface area contributed by atoms with Crippen LogP contribution in [0.4, 0.5) is 0 Å². The zero-order chi connectivity index (χ0) is 14.7. The van der Waals surface area contributed by atoms with Gasteiger partial charge in [-0.3, -0.25) is 0 Å². The Bertz CT molecular complexity index is 447. The van der Waals surface area contributed by atoms with Crippen molar-refractivity contribution < 1.29 is 34.7 Å². The molecule has 0 spiro atoms. The molecule has 1 aliphatic rings. The van der Waals surface area contributed by atoms with Crippen LogP contribution in [0.1, 0.15) is 10.4 Å². The highest BCUT2D eigenvalue weighted by atomic mass is 16.7. The maximum Gasteiger partial charge on any atom is 0.340 e. The summed E-state index contributed by atoms with van der Waals surface area (Å²) in [5.41, 5.74) is 0.254. The summed E-state index contributed by atoms with van der Waals surface area (Å²) < 4.78 is 10.0. The second-order valence-corrected chi connectivity index (χ2v) is 4.47. The summed E-state index contributed by atoms with van der Waals surface area (Å²) in [6.45, 7) is -0.579. The lowest BCUT2D eigenvalue weighted by molar-refractivity contribution is -0.285. The third-order valence-corrected chi connectivity index (χ3v) is 3.08. The first-order valence-corrected chi connectivity index (χ1v) is 6.11. The Morgan fingerprint density at radius 3 is 2.35 bits per heavy atom. The van der Waals surface area contributed by atoms with Crippen molar-refractivity contribution >= 4 is 5.97 Å². The molecular weight excluding hydrogens is 268 g/mol. The van der Waals surface area contributed by atoms with Crippen molar-refractivity contribution in [2.24, 2.45) is 0 Å². The van der Waals surface area contributed by atoms with E-state index in [0.29, 0.717) is 0 Å². The summed E-state index contributed by atoms with van der Waals surface area (Å²) in [4.78, 5) is 11.8. The van der Waals surface area contributed by atoms with Gasteiger partial charge in [-0.25, -0.2) is 4.79 Å². The molecule has 1 heterocycles. The van der Waals surface area contributed by atoms with E-state index in [1.165, 1.54) is 12.1 Å². The SMILES string of the molecule is O=C(O[C@@H]1O[C@H](CO)[C@@H](O)[C@H](O)[C@H]1O)c1ccccc1. The zero-order valence-electron chi connectivity index (χ0n) is 10.5. The maximum atomic E-state index is 11.8. The summed E-state index contributed by atoms with van der Waals surface area (Å²) in [6, 6.07) is 8.05. The number of aliphatic hydroxyl groups is 4. The van der Waals surface area contributed by atoms with Crippen LogP contribution in [0.2, 0.25) is 0 Å². The molecule has 1 aliphatic heterocycles. The third kappa shape index (κ3) is 2.97. The van der Waals surface area contributed by atoms with Gasteiger partial charge in [-0.2, -0.15) is 0 Å². The summed E-state index contributed by atoms with van der Waals surface area (Å²) in [5.74, 6) is -0.741. The molecule has 7 heteroatoms. The van der Waals surface area contributed by atoms with Gasteiger partial charge in [0.25, 0.3) is 0 Å². The number of ether oxygens (including phenoxy) is 2. The number of hydrogen-bond donors (Lipinski definition) is 4.